The van der Waals surface area contributed by atoms with Crippen LogP contribution in [0.3, 0.4) is 0 Å². The molecule has 4 heteroatoms. The quantitative estimate of drug-likeness (QED) is 0.566. The van der Waals surface area contributed by atoms with Crippen LogP contribution in [-0.2, 0) is 4.79 Å². The minimum absolute atomic E-state index is 0.0281. The number of halogens is 1. The summed E-state index contributed by atoms with van der Waals surface area (Å²) in [5, 5.41) is 11.3. The molecule has 3 rings (SSSR count). The molecule has 28 heavy (non-hydrogen) atoms. The molecule has 1 heterocycles. The predicted octanol–water partition coefficient (Wildman–Crippen LogP) is 5.77. The van der Waals surface area contributed by atoms with Gasteiger partial charge in [-0.3, -0.25) is 4.79 Å². The summed E-state index contributed by atoms with van der Waals surface area (Å²) in [7, 11) is 0. The number of Topliss-reactive ketones (excluding diaryl/α,β-unsaturated/α-hetero) is 1. The standard InChI is InChI=1S/C24H26FNO2/c1-4-19(27)15-20(28)13-14-23-24(17-9-11-18(25)12-10-17)21-7-5-6-8-22(21)26(23)16(2)3/h5-14,16,20,28H,4,15H2,1-3H3/b14-13+. The molecule has 1 aromatic heterocycles. The van der Waals surface area contributed by atoms with Crippen molar-refractivity contribution in [2.45, 2.75) is 45.8 Å². The fourth-order valence-electron chi connectivity index (χ4n) is 3.57. The molecule has 0 saturated carbocycles. The minimum Gasteiger partial charge on any atom is -0.389 e. The summed E-state index contributed by atoms with van der Waals surface area (Å²) in [6.45, 7) is 6.01. The first kappa shape index (κ1) is 20.0. The van der Waals surface area contributed by atoms with E-state index >= 15 is 0 Å². The molecule has 3 aromatic rings. The van der Waals surface area contributed by atoms with E-state index in [9.17, 15) is 14.3 Å². The molecule has 1 atom stereocenters. The molecule has 0 aliphatic carbocycles. The number of fused-ring (bicyclic) bond motifs is 1. The van der Waals surface area contributed by atoms with E-state index in [0.717, 1.165) is 27.7 Å². The topological polar surface area (TPSA) is 42.2 Å². The number of nitrogens with zero attached hydrogens (tertiary/aromatic N) is 1. The summed E-state index contributed by atoms with van der Waals surface area (Å²) >= 11 is 0. The minimum atomic E-state index is -0.827. The van der Waals surface area contributed by atoms with Crippen molar-refractivity contribution in [1.82, 2.24) is 4.57 Å². The lowest BCUT2D eigenvalue weighted by atomic mass is 10.0. The molecule has 146 valence electrons. The lowest BCUT2D eigenvalue weighted by molar-refractivity contribution is -0.120. The lowest BCUT2D eigenvalue weighted by Crippen LogP contribution is -2.10. The van der Waals surface area contributed by atoms with Crippen molar-refractivity contribution in [2.75, 3.05) is 0 Å². The van der Waals surface area contributed by atoms with Crippen molar-refractivity contribution in [3.8, 4) is 11.1 Å². The molecule has 3 nitrogen and oxygen atoms in total. The van der Waals surface area contributed by atoms with Gasteiger partial charge in [-0.25, -0.2) is 4.39 Å². The van der Waals surface area contributed by atoms with Crippen molar-refractivity contribution in [3.05, 3.63) is 66.1 Å². The van der Waals surface area contributed by atoms with Crippen LogP contribution < -0.4 is 0 Å². The summed E-state index contributed by atoms with van der Waals surface area (Å²) in [4.78, 5) is 11.6. The molecular formula is C24H26FNO2. The van der Waals surface area contributed by atoms with E-state index in [1.807, 2.05) is 18.2 Å². The van der Waals surface area contributed by atoms with Crippen molar-refractivity contribution >= 4 is 22.8 Å². The van der Waals surface area contributed by atoms with E-state index in [4.69, 9.17) is 0 Å². The maximum Gasteiger partial charge on any atom is 0.135 e. The first-order valence-electron chi connectivity index (χ1n) is 9.69. The normalized spacial score (nSPS) is 12.9. The number of carbonyl (C=O) groups excluding carboxylic acids is 1. The predicted molar refractivity (Wildman–Crippen MR) is 113 cm³/mol. The van der Waals surface area contributed by atoms with Gasteiger partial charge in [0.15, 0.2) is 0 Å². The average Bonchev–Trinajstić information content (AvgIpc) is 3.01. The summed E-state index contributed by atoms with van der Waals surface area (Å²) in [5.74, 6) is -0.248. The van der Waals surface area contributed by atoms with E-state index in [2.05, 4.69) is 30.5 Å². The van der Waals surface area contributed by atoms with Crippen LogP contribution in [0, 0.1) is 5.82 Å². The van der Waals surface area contributed by atoms with Gasteiger partial charge in [0.25, 0.3) is 0 Å². The monoisotopic (exact) mass is 379 g/mol. The zero-order valence-electron chi connectivity index (χ0n) is 16.5. The van der Waals surface area contributed by atoms with Crippen LogP contribution in [0.4, 0.5) is 4.39 Å². The summed E-state index contributed by atoms with van der Waals surface area (Å²) < 4.78 is 15.7. The first-order chi connectivity index (χ1) is 13.4. The number of aliphatic hydroxyl groups excluding tert-OH is 1. The zero-order valence-corrected chi connectivity index (χ0v) is 16.5. The maximum absolute atomic E-state index is 13.5. The Morgan fingerprint density at radius 2 is 1.82 bits per heavy atom. The van der Waals surface area contributed by atoms with Gasteiger partial charge >= 0.3 is 0 Å². The van der Waals surface area contributed by atoms with Gasteiger partial charge in [0.05, 0.1) is 6.10 Å². The van der Waals surface area contributed by atoms with Gasteiger partial charge in [0.1, 0.15) is 11.6 Å². The maximum atomic E-state index is 13.5. The number of ketones is 1. The van der Waals surface area contributed by atoms with Crippen molar-refractivity contribution in [2.24, 2.45) is 0 Å². The number of aliphatic hydroxyl groups is 1. The molecule has 0 radical (unpaired) electrons. The second-order valence-corrected chi connectivity index (χ2v) is 7.27. The van der Waals surface area contributed by atoms with Gasteiger partial charge in [-0.15, -0.1) is 0 Å². The number of aromatic nitrogens is 1. The highest BCUT2D eigenvalue weighted by molar-refractivity contribution is 6.01. The van der Waals surface area contributed by atoms with Crippen molar-refractivity contribution < 1.29 is 14.3 Å². The van der Waals surface area contributed by atoms with Crippen LogP contribution in [0.15, 0.2) is 54.6 Å². The van der Waals surface area contributed by atoms with Gasteiger partial charge in [-0.1, -0.05) is 43.3 Å². The second kappa shape index (κ2) is 8.53. The zero-order chi connectivity index (χ0) is 20.3. The molecule has 0 bridgehead atoms. The Labute approximate surface area is 165 Å². The highest BCUT2D eigenvalue weighted by Crippen LogP contribution is 2.37. The average molecular weight is 379 g/mol. The van der Waals surface area contributed by atoms with E-state index in [1.165, 1.54) is 12.1 Å². The molecule has 0 aliphatic heterocycles. The molecular weight excluding hydrogens is 353 g/mol. The molecule has 0 amide bonds. The third-order valence-electron chi connectivity index (χ3n) is 4.91. The molecule has 0 fully saturated rings. The van der Waals surface area contributed by atoms with Gasteiger partial charge < -0.3 is 9.67 Å². The second-order valence-electron chi connectivity index (χ2n) is 7.27. The van der Waals surface area contributed by atoms with Crippen LogP contribution >= 0.6 is 0 Å². The summed E-state index contributed by atoms with van der Waals surface area (Å²) in [5.41, 5.74) is 3.92. The fourth-order valence-corrected chi connectivity index (χ4v) is 3.57. The van der Waals surface area contributed by atoms with Gasteiger partial charge in [0, 0.05) is 41.0 Å². The SMILES string of the molecule is CCC(=O)CC(O)/C=C/c1c(-c2ccc(F)cc2)c2ccccc2n1C(C)C. The molecule has 0 saturated heterocycles. The first-order valence-corrected chi connectivity index (χ1v) is 9.69. The number of hydrogen-bond acceptors (Lipinski definition) is 2. The largest absolute Gasteiger partial charge is 0.389 e. The van der Waals surface area contributed by atoms with Gasteiger partial charge in [-0.05, 0) is 43.7 Å². The third kappa shape index (κ3) is 4.07. The molecule has 0 spiro atoms. The Hall–Kier alpha value is -2.72. The number of hydrogen-bond donors (Lipinski definition) is 1. The van der Waals surface area contributed by atoms with Crippen molar-refractivity contribution in [1.29, 1.82) is 0 Å². The number of benzene rings is 2. The Morgan fingerprint density at radius 1 is 1.14 bits per heavy atom. The fraction of sp³-hybridized carbons (Fsp3) is 0.292. The van der Waals surface area contributed by atoms with Crippen LogP contribution in [0.25, 0.3) is 28.1 Å². The number of para-hydroxylation sites is 1. The molecule has 0 aliphatic rings. The van der Waals surface area contributed by atoms with E-state index in [-0.39, 0.29) is 24.1 Å². The highest BCUT2D eigenvalue weighted by atomic mass is 19.1. The number of rotatable bonds is 7. The molecule has 1 unspecified atom stereocenters. The van der Waals surface area contributed by atoms with Crippen LogP contribution in [-0.4, -0.2) is 21.6 Å². The lowest BCUT2D eigenvalue weighted by Gasteiger charge is -2.14. The van der Waals surface area contributed by atoms with Crippen molar-refractivity contribution in [3.63, 3.8) is 0 Å². The Kier molecular flexibility index (Phi) is 6.10. The van der Waals surface area contributed by atoms with Gasteiger partial charge in [-0.2, -0.15) is 0 Å². The molecule has 1 N–H and O–H groups in total. The highest BCUT2D eigenvalue weighted by Gasteiger charge is 2.19. The van der Waals surface area contributed by atoms with E-state index in [1.54, 1.807) is 25.1 Å². The summed E-state index contributed by atoms with van der Waals surface area (Å²) in [6, 6.07) is 14.8. The van der Waals surface area contributed by atoms with Crippen LogP contribution in [0.1, 0.15) is 45.3 Å². The Bertz CT molecular complexity index is 999. The number of carbonyl (C=O) groups is 1. The van der Waals surface area contributed by atoms with E-state index in [0.29, 0.717) is 6.42 Å². The Balaban J connectivity index is 2.18. The molecule has 2 aromatic carbocycles. The van der Waals surface area contributed by atoms with E-state index < -0.39 is 6.10 Å². The summed E-state index contributed by atoms with van der Waals surface area (Å²) in [6.07, 6.45) is 3.26. The van der Waals surface area contributed by atoms with Crippen LogP contribution in [0.5, 0.6) is 0 Å². The van der Waals surface area contributed by atoms with Crippen LogP contribution in [0.2, 0.25) is 0 Å². The van der Waals surface area contributed by atoms with Gasteiger partial charge in [0.2, 0.25) is 0 Å². The third-order valence-corrected chi connectivity index (χ3v) is 4.91. The Morgan fingerprint density at radius 3 is 2.46 bits per heavy atom. The smallest absolute Gasteiger partial charge is 0.135 e.